The zero-order chi connectivity index (χ0) is 37.5. The van der Waals surface area contributed by atoms with Crippen LogP contribution in [-0.2, 0) is 75.8 Å². The highest BCUT2D eigenvalue weighted by Crippen LogP contribution is 1.88. The van der Waals surface area contributed by atoms with Gasteiger partial charge in [-0.1, -0.05) is 0 Å². The van der Waals surface area contributed by atoms with Gasteiger partial charge in [0.2, 0.25) is 5.91 Å². The number of methoxy groups -OCH3 is 1. The van der Waals surface area contributed by atoms with Gasteiger partial charge in [-0.25, -0.2) is 0 Å². The van der Waals surface area contributed by atoms with Gasteiger partial charge < -0.3 is 76.4 Å². The second kappa shape index (κ2) is 48.2. The van der Waals surface area contributed by atoms with Crippen molar-refractivity contribution in [2.75, 3.05) is 211 Å². The Labute approximate surface area is 316 Å². The van der Waals surface area contributed by atoms with Crippen LogP contribution >= 0.6 is 12.6 Å². The van der Waals surface area contributed by atoms with E-state index in [-0.39, 0.29) is 5.91 Å². The van der Waals surface area contributed by atoms with E-state index in [1.165, 1.54) is 0 Å². The van der Waals surface area contributed by atoms with Gasteiger partial charge in [0.05, 0.1) is 192 Å². The van der Waals surface area contributed by atoms with Crippen molar-refractivity contribution < 1.29 is 75.8 Å². The van der Waals surface area contributed by atoms with Crippen molar-refractivity contribution in [3.8, 4) is 0 Å². The summed E-state index contributed by atoms with van der Waals surface area (Å²) in [7, 11) is 1.64. The standard InChI is InChI=1S/C34H69NO16S/c1-37-5-6-39-9-10-41-13-14-43-17-18-45-21-22-47-25-26-49-29-30-51-32-31-50-28-27-48-24-23-46-20-19-44-16-15-42-12-11-40-8-7-38-4-3-35-34(36)2-33-52/h52H,2-33H2,1H3,(H,35,36). The first kappa shape index (κ1) is 51.2. The number of ether oxygens (including phenoxy) is 15. The molecule has 0 aliphatic heterocycles. The molecule has 0 fully saturated rings. The van der Waals surface area contributed by atoms with Crippen LogP contribution in [0.2, 0.25) is 0 Å². The van der Waals surface area contributed by atoms with Crippen molar-refractivity contribution in [1.82, 2.24) is 5.32 Å². The highest BCUT2D eigenvalue weighted by atomic mass is 32.1. The second-order valence-corrected chi connectivity index (χ2v) is 10.8. The maximum atomic E-state index is 11.3. The highest BCUT2D eigenvalue weighted by Gasteiger charge is 1.99. The number of carbonyl (C=O) groups is 1. The predicted octanol–water partition coefficient (Wildman–Crippen LogP) is 0.301. The molecule has 0 unspecified atom stereocenters. The fraction of sp³-hybridized carbons (Fsp3) is 0.971. The molecule has 312 valence electrons. The Morgan fingerprint density at radius 3 is 0.731 bits per heavy atom. The Morgan fingerprint density at radius 2 is 0.538 bits per heavy atom. The lowest BCUT2D eigenvalue weighted by Crippen LogP contribution is -2.27. The molecule has 0 rings (SSSR count). The highest BCUT2D eigenvalue weighted by molar-refractivity contribution is 7.80. The SMILES string of the molecule is COCCOCCOCCOCCOCCOCCOCCOCCOCCOCCOCCOCCOCCOCCOCCNC(=O)CCS. The summed E-state index contributed by atoms with van der Waals surface area (Å²) >= 11 is 4.01. The lowest BCUT2D eigenvalue weighted by molar-refractivity contribution is -0.120. The molecule has 18 heteroatoms. The van der Waals surface area contributed by atoms with Crippen molar-refractivity contribution in [2.45, 2.75) is 6.42 Å². The van der Waals surface area contributed by atoms with E-state index >= 15 is 0 Å². The Bertz CT molecular complexity index is 677. The van der Waals surface area contributed by atoms with Crippen LogP contribution in [0.5, 0.6) is 0 Å². The fourth-order valence-corrected chi connectivity index (χ4v) is 3.76. The molecule has 0 bridgehead atoms. The van der Waals surface area contributed by atoms with E-state index in [1.807, 2.05) is 0 Å². The van der Waals surface area contributed by atoms with Crippen molar-refractivity contribution in [1.29, 1.82) is 0 Å². The van der Waals surface area contributed by atoms with E-state index in [2.05, 4.69) is 17.9 Å². The molecule has 0 saturated carbocycles. The summed E-state index contributed by atoms with van der Waals surface area (Å²) in [4.78, 5) is 11.3. The normalized spacial score (nSPS) is 11.5. The maximum absolute atomic E-state index is 11.3. The van der Waals surface area contributed by atoms with Crippen molar-refractivity contribution in [3.63, 3.8) is 0 Å². The summed E-state index contributed by atoms with van der Waals surface area (Å²) in [5, 5.41) is 2.75. The summed E-state index contributed by atoms with van der Waals surface area (Å²) in [6.45, 7) is 15.2. The number of carbonyl (C=O) groups excluding carboxylic acids is 1. The Balaban J connectivity index is 3.06. The zero-order valence-corrected chi connectivity index (χ0v) is 32.5. The van der Waals surface area contributed by atoms with Crippen LogP contribution in [0.1, 0.15) is 6.42 Å². The van der Waals surface area contributed by atoms with E-state index in [4.69, 9.17) is 71.1 Å². The average Bonchev–Trinajstić information content (AvgIpc) is 3.15. The Hall–Kier alpha value is -0.780. The molecular formula is C34H69NO16S. The molecule has 0 atom stereocenters. The lowest BCUT2D eigenvalue weighted by Gasteiger charge is -2.09. The van der Waals surface area contributed by atoms with Gasteiger partial charge >= 0.3 is 0 Å². The van der Waals surface area contributed by atoms with Gasteiger partial charge in [-0.15, -0.1) is 0 Å². The van der Waals surface area contributed by atoms with Crippen molar-refractivity contribution in [3.05, 3.63) is 0 Å². The smallest absolute Gasteiger partial charge is 0.220 e. The second-order valence-electron chi connectivity index (χ2n) is 10.4. The Morgan fingerprint density at radius 1 is 0.346 bits per heavy atom. The summed E-state index contributed by atoms with van der Waals surface area (Å²) in [6, 6.07) is 0. The lowest BCUT2D eigenvalue weighted by atomic mass is 10.4. The first-order valence-electron chi connectivity index (χ1n) is 18.3. The number of rotatable bonds is 47. The first-order chi connectivity index (χ1) is 25.8. The van der Waals surface area contributed by atoms with Gasteiger partial charge in [0.15, 0.2) is 0 Å². The predicted molar refractivity (Wildman–Crippen MR) is 195 cm³/mol. The van der Waals surface area contributed by atoms with Crippen LogP contribution in [0.15, 0.2) is 0 Å². The summed E-state index contributed by atoms with van der Waals surface area (Å²) in [5.74, 6) is 0.522. The molecule has 0 saturated heterocycles. The summed E-state index contributed by atoms with van der Waals surface area (Å²) < 4.78 is 81.1. The van der Waals surface area contributed by atoms with E-state index in [1.54, 1.807) is 7.11 Å². The van der Waals surface area contributed by atoms with Crippen LogP contribution in [-0.4, -0.2) is 217 Å². The molecule has 1 amide bonds. The number of thiol groups is 1. The minimum Gasteiger partial charge on any atom is -0.382 e. The van der Waals surface area contributed by atoms with Gasteiger partial charge in [0.1, 0.15) is 0 Å². The van der Waals surface area contributed by atoms with E-state index in [9.17, 15) is 4.79 Å². The van der Waals surface area contributed by atoms with Gasteiger partial charge in [0, 0.05) is 20.1 Å². The summed E-state index contributed by atoms with van der Waals surface area (Å²) in [5.41, 5.74) is 0. The third-order valence-electron chi connectivity index (χ3n) is 6.18. The van der Waals surface area contributed by atoms with Crippen LogP contribution < -0.4 is 5.32 Å². The molecular weight excluding hydrogens is 710 g/mol. The van der Waals surface area contributed by atoms with E-state index in [0.717, 1.165) is 0 Å². The third kappa shape index (κ3) is 47.2. The monoisotopic (exact) mass is 779 g/mol. The van der Waals surface area contributed by atoms with Crippen LogP contribution in [0, 0.1) is 0 Å². The minimum atomic E-state index is -0.0170. The maximum Gasteiger partial charge on any atom is 0.220 e. The molecule has 17 nitrogen and oxygen atoms in total. The number of amides is 1. The summed E-state index contributed by atoms with van der Waals surface area (Å²) in [6.07, 6.45) is 0.415. The Kier molecular flexibility index (Phi) is 47.5. The molecule has 0 spiro atoms. The van der Waals surface area contributed by atoms with E-state index in [0.29, 0.717) is 210 Å². The van der Waals surface area contributed by atoms with E-state index < -0.39 is 0 Å². The first-order valence-corrected chi connectivity index (χ1v) is 18.9. The fourth-order valence-electron chi connectivity index (χ4n) is 3.56. The van der Waals surface area contributed by atoms with Crippen LogP contribution in [0.4, 0.5) is 0 Å². The molecule has 0 aromatic rings. The van der Waals surface area contributed by atoms with Crippen molar-refractivity contribution in [2.24, 2.45) is 0 Å². The number of nitrogens with one attached hydrogen (secondary N) is 1. The molecule has 0 aromatic heterocycles. The van der Waals surface area contributed by atoms with Gasteiger partial charge in [-0.05, 0) is 5.75 Å². The molecule has 1 N–H and O–H groups in total. The zero-order valence-electron chi connectivity index (χ0n) is 31.6. The van der Waals surface area contributed by atoms with Gasteiger partial charge in [-0.2, -0.15) is 12.6 Å². The molecule has 52 heavy (non-hydrogen) atoms. The van der Waals surface area contributed by atoms with Crippen molar-refractivity contribution >= 4 is 18.5 Å². The molecule has 0 heterocycles. The topological polar surface area (TPSA) is 168 Å². The minimum absolute atomic E-state index is 0.0170. The molecule has 0 aliphatic carbocycles. The largest absolute Gasteiger partial charge is 0.382 e. The quantitative estimate of drug-likeness (QED) is 0.0639. The molecule has 0 radical (unpaired) electrons. The third-order valence-corrected chi connectivity index (χ3v) is 6.40. The number of hydrogen-bond acceptors (Lipinski definition) is 17. The van der Waals surface area contributed by atoms with Gasteiger partial charge in [-0.3, -0.25) is 4.79 Å². The van der Waals surface area contributed by atoms with Crippen LogP contribution in [0.3, 0.4) is 0 Å². The van der Waals surface area contributed by atoms with Gasteiger partial charge in [0.25, 0.3) is 0 Å². The van der Waals surface area contributed by atoms with Crippen LogP contribution in [0.25, 0.3) is 0 Å². The molecule has 0 aromatic carbocycles. The number of hydrogen-bond donors (Lipinski definition) is 2. The average molecular weight is 780 g/mol. The molecule has 0 aliphatic rings.